The molecule has 0 aliphatic carbocycles. The van der Waals surface area contributed by atoms with Gasteiger partial charge >= 0.3 is 0 Å². The van der Waals surface area contributed by atoms with Crippen molar-refractivity contribution in [3.63, 3.8) is 0 Å². The SMILES string of the molecule is Cl.O=C1CCCN1CC#CCN1CCCC1. The minimum Gasteiger partial charge on any atom is -0.332 e. The Morgan fingerprint density at radius 3 is 2.31 bits per heavy atom. The molecule has 0 unspecified atom stereocenters. The van der Waals surface area contributed by atoms with Crippen molar-refractivity contribution in [3.8, 4) is 11.8 Å². The molecule has 2 saturated heterocycles. The van der Waals surface area contributed by atoms with Gasteiger partial charge in [-0.05, 0) is 32.4 Å². The number of nitrogens with zero attached hydrogens (tertiary/aromatic N) is 2. The molecule has 2 heterocycles. The van der Waals surface area contributed by atoms with Gasteiger partial charge in [-0.15, -0.1) is 12.4 Å². The highest BCUT2D eigenvalue weighted by molar-refractivity contribution is 5.85. The van der Waals surface area contributed by atoms with Crippen molar-refractivity contribution in [2.45, 2.75) is 25.7 Å². The second-order valence-corrected chi connectivity index (χ2v) is 4.26. The lowest BCUT2D eigenvalue weighted by Gasteiger charge is -2.11. The van der Waals surface area contributed by atoms with Crippen molar-refractivity contribution in [1.82, 2.24) is 9.80 Å². The van der Waals surface area contributed by atoms with E-state index in [0.29, 0.717) is 13.0 Å². The van der Waals surface area contributed by atoms with Gasteiger partial charge in [0.05, 0.1) is 13.1 Å². The molecular weight excluding hydrogens is 224 g/mol. The Morgan fingerprint density at radius 2 is 1.69 bits per heavy atom. The third-order valence-electron chi connectivity index (χ3n) is 3.07. The Morgan fingerprint density at radius 1 is 1.00 bits per heavy atom. The molecule has 0 saturated carbocycles. The first-order chi connectivity index (χ1) is 7.36. The fraction of sp³-hybridized carbons (Fsp3) is 0.750. The second kappa shape index (κ2) is 6.78. The van der Waals surface area contributed by atoms with Crippen molar-refractivity contribution in [2.75, 3.05) is 32.7 Å². The van der Waals surface area contributed by atoms with Crippen LogP contribution in [0.4, 0.5) is 0 Å². The van der Waals surface area contributed by atoms with Gasteiger partial charge in [-0.1, -0.05) is 11.8 Å². The average Bonchev–Trinajstić information content (AvgIpc) is 2.85. The molecule has 90 valence electrons. The highest BCUT2D eigenvalue weighted by Crippen LogP contribution is 2.08. The molecular formula is C12H19ClN2O. The van der Waals surface area contributed by atoms with Gasteiger partial charge in [0.15, 0.2) is 0 Å². The maximum atomic E-state index is 11.3. The standard InChI is InChI=1S/C12H18N2O.ClH/c15-12-6-5-11-14(12)10-4-3-9-13-7-1-2-8-13;/h1-2,5-11H2;1H. The van der Waals surface area contributed by atoms with Crippen LogP contribution >= 0.6 is 12.4 Å². The molecule has 0 aromatic heterocycles. The molecule has 0 radical (unpaired) electrons. The van der Waals surface area contributed by atoms with Gasteiger partial charge in [-0.2, -0.15) is 0 Å². The molecule has 0 bridgehead atoms. The van der Waals surface area contributed by atoms with Crippen LogP contribution in [-0.2, 0) is 4.79 Å². The largest absolute Gasteiger partial charge is 0.332 e. The lowest BCUT2D eigenvalue weighted by molar-refractivity contribution is -0.127. The van der Waals surface area contributed by atoms with Crippen LogP contribution in [0.3, 0.4) is 0 Å². The van der Waals surface area contributed by atoms with E-state index in [1.807, 2.05) is 4.90 Å². The average molecular weight is 243 g/mol. The number of carbonyl (C=O) groups is 1. The van der Waals surface area contributed by atoms with Gasteiger partial charge in [-0.25, -0.2) is 0 Å². The van der Waals surface area contributed by atoms with Crippen LogP contribution in [-0.4, -0.2) is 48.4 Å². The number of hydrogen-bond donors (Lipinski definition) is 0. The minimum atomic E-state index is 0. The van der Waals surface area contributed by atoms with E-state index in [-0.39, 0.29) is 18.3 Å². The minimum absolute atomic E-state index is 0. The molecule has 0 N–H and O–H groups in total. The Hall–Kier alpha value is -0.720. The predicted octanol–water partition coefficient (Wildman–Crippen LogP) is 1.13. The maximum absolute atomic E-state index is 11.3. The predicted molar refractivity (Wildman–Crippen MR) is 66.5 cm³/mol. The van der Waals surface area contributed by atoms with Crippen molar-refractivity contribution in [1.29, 1.82) is 0 Å². The van der Waals surface area contributed by atoms with E-state index >= 15 is 0 Å². The Bertz CT molecular complexity index is 289. The first kappa shape index (κ1) is 13.3. The summed E-state index contributed by atoms with van der Waals surface area (Å²) in [6, 6.07) is 0. The Kier molecular flexibility index (Phi) is 5.65. The van der Waals surface area contributed by atoms with E-state index in [4.69, 9.17) is 0 Å². The smallest absolute Gasteiger partial charge is 0.223 e. The summed E-state index contributed by atoms with van der Waals surface area (Å²) in [5.41, 5.74) is 0. The topological polar surface area (TPSA) is 23.6 Å². The molecule has 16 heavy (non-hydrogen) atoms. The molecule has 4 heteroatoms. The van der Waals surface area contributed by atoms with Crippen LogP contribution in [0.15, 0.2) is 0 Å². The summed E-state index contributed by atoms with van der Waals surface area (Å²) in [4.78, 5) is 15.5. The number of carbonyl (C=O) groups excluding carboxylic acids is 1. The number of halogens is 1. The molecule has 2 aliphatic rings. The van der Waals surface area contributed by atoms with Gasteiger partial charge in [0, 0.05) is 13.0 Å². The maximum Gasteiger partial charge on any atom is 0.223 e. The molecule has 0 aromatic rings. The van der Waals surface area contributed by atoms with E-state index in [0.717, 1.165) is 19.5 Å². The fourth-order valence-corrected chi connectivity index (χ4v) is 2.13. The van der Waals surface area contributed by atoms with Gasteiger partial charge in [0.25, 0.3) is 0 Å². The van der Waals surface area contributed by atoms with Crippen LogP contribution in [0.25, 0.3) is 0 Å². The summed E-state index contributed by atoms with van der Waals surface area (Å²) in [6.07, 6.45) is 4.35. The molecule has 0 spiro atoms. The molecule has 2 aliphatic heterocycles. The van der Waals surface area contributed by atoms with Gasteiger partial charge in [0.2, 0.25) is 5.91 Å². The monoisotopic (exact) mass is 242 g/mol. The molecule has 2 rings (SSSR count). The summed E-state index contributed by atoms with van der Waals surface area (Å²) in [7, 11) is 0. The zero-order valence-corrected chi connectivity index (χ0v) is 10.4. The first-order valence-corrected chi connectivity index (χ1v) is 5.82. The summed E-state index contributed by atoms with van der Waals surface area (Å²) in [5.74, 6) is 6.52. The molecule has 3 nitrogen and oxygen atoms in total. The van der Waals surface area contributed by atoms with Crippen LogP contribution in [0.5, 0.6) is 0 Å². The fourth-order valence-electron chi connectivity index (χ4n) is 2.13. The Labute approximate surface area is 104 Å². The summed E-state index contributed by atoms with van der Waals surface area (Å²) >= 11 is 0. The number of hydrogen-bond acceptors (Lipinski definition) is 2. The second-order valence-electron chi connectivity index (χ2n) is 4.26. The lowest BCUT2D eigenvalue weighted by atomic mass is 10.4. The molecule has 2 fully saturated rings. The third-order valence-corrected chi connectivity index (χ3v) is 3.07. The van der Waals surface area contributed by atoms with Crippen molar-refractivity contribution in [3.05, 3.63) is 0 Å². The summed E-state index contributed by atoms with van der Waals surface area (Å²) < 4.78 is 0. The van der Waals surface area contributed by atoms with E-state index in [2.05, 4.69) is 16.7 Å². The molecule has 0 atom stereocenters. The van der Waals surface area contributed by atoms with Gasteiger partial charge < -0.3 is 4.90 Å². The number of amides is 1. The van der Waals surface area contributed by atoms with Crippen molar-refractivity contribution < 1.29 is 4.79 Å². The lowest BCUT2D eigenvalue weighted by Crippen LogP contribution is -2.25. The summed E-state index contributed by atoms with van der Waals surface area (Å²) in [5, 5.41) is 0. The summed E-state index contributed by atoms with van der Waals surface area (Å²) in [6.45, 7) is 4.79. The molecule has 0 aromatic carbocycles. The van der Waals surface area contributed by atoms with E-state index < -0.39 is 0 Å². The van der Waals surface area contributed by atoms with Gasteiger partial charge in [-0.3, -0.25) is 9.69 Å². The zero-order chi connectivity index (χ0) is 10.5. The van der Waals surface area contributed by atoms with Crippen LogP contribution < -0.4 is 0 Å². The number of rotatable bonds is 2. The van der Waals surface area contributed by atoms with Gasteiger partial charge in [0.1, 0.15) is 0 Å². The highest BCUT2D eigenvalue weighted by atomic mass is 35.5. The van der Waals surface area contributed by atoms with Crippen LogP contribution in [0, 0.1) is 11.8 Å². The van der Waals surface area contributed by atoms with Crippen molar-refractivity contribution in [2.24, 2.45) is 0 Å². The normalized spacial score (nSPS) is 20.5. The number of likely N-dealkylation sites (tertiary alicyclic amines) is 2. The highest BCUT2D eigenvalue weighted by Gasteiger charge is 2.18. The first-order valence-electron chi connectivity index (χ1n) is 5.82. The quantitative estimate of drug-likeness (QED) is 0.678. The van der Waals surface area contributed by atoms with E-state index in [9.17, 15) is 4.79 Å². The zero-order valence-electron chi connectivity index (χ0n) is 9.57. The van der Waals surface area contributed by atoms with Crippen LogP contribution in [0.1, 0.15) is 25.7 Å². The molecule has 1 amide bonds. The van der Waals surface area contributed by atoms with E-state index in [1.54, 1.807) is 0 Å². The van der Waals surface area contributed by atoms with E-state index in [1.165, 1.54) is 25.9 Å². The van der Waals surface area contributed by atoms with Crippen LogP contribution in [0.2, 0.25) is 0 Å². The third kappa shape index (κ3) is 3.70. The van der Waals surface area contributed by atoms with Crippen molar-refractivity contribution >= 4 is 18.3 Å². The Balaban J connectivity index is 0.00000128.